The minimum absolute atomic E-state index is 0.0828. The van der Waals surface area contributed by atoms with Crippen LogP contribution in [0.4, 0.5) is 5.69 Å². The summed E-state index contributed by atoms with van der Waals surface area (Å²) < 4.78 is 1.76. The SMILES string of the molecule is Nc1cn[nH]c1C1CCN(C(=O)Cn2ncc3ccccc32)C1. The van der Waals surface area contributed by atoms with Crippen molar-refractivity contribution in [2.24, 2.45) is 0 Å². The van der Waals surface area contributed by atoms with Crippen molar-refractivity contribution in [2.45, 2.75) is 18.9 Å². The second kappa shape index (κ2) is 5.42. The van der Waals surface area contributed by atoms with Crippen molar-refractivity contribution >= 4 is 22.5 Å². The second-order valence-corrected chi connectivity index (χ2v) is 5.93. The zero-order valence-corrected chi connectivity index (χ0v) is 12.6. The van der Waals surface area contributed by atoms with E-state index in [0.29, 0.717) is 12.2 Å². The first-order chi connectivity index (χ1) is 11.2. The Labute approximate surface area is 133 Å². The first-order valence-electron chi connectivity index (χ1n) is 7.69. The number of hydrogen-bond donors (Lipinski definition) is 2. The zero-order valence-electron chi connectivity index (χ0n) is 12.6. The summed E-state index contributed by atoms with van der Waals surface area (Å²) in [5.74, 6) is 0.315. The van der Waals surface area contributed by atoms with Gasteiger partial charge in [-0.15, -0.1) is 0 Å². The molecule has 1 fully saturated rings. The third-order valence-electron chi connectivity index (χ3n) is 4.48. The summed E-state index contributed by atoms with van der Waals surface area (Å²) in [4.78, 5) is 14.4. The van der Waals surface area contributed by atoms with Crippen molar-refractivity contribution < 1.29 is 4.79 Å². The van der Waals surface area contributed by atoms with Crippen LogP contribution >= 0.6 is 0 Å². The Morgan fingerprint density at radius 3 is 3.04 bits per heavy atom. The lowest BCUT2D eigenvalue weighted by Gasteiger charge is -2.16. The quantitative estimate of drug-likeness (QED) is 0.764. The van der Waals surface area contributed by atoms with Crippen LogP contribution in [0.2, 0.25) is 0 Å². The molecule has 0 spiro atoms. The predicted molar refractivity (Wildman–Crippen MR) is 86.7 cm³/mol. The Morgan fingerprint density at radius 1 is 1.35 bits per heavy atom. The third-order valence-corrected chi connectivity index (χ3v) is 4.48. The van der Waals surface area contributed by atoms with Crippen molar-refractivity contribution in [2.75, 3.05) is 18.8 Å². The number of likely N-dealkylation sites (tertiary alicyclic amines) is 1. The molecule has 7 heteroatoms. The topological polar surface area (TPSA) is 92.8 Å². The molecule has 2 aromatic heterocycles. The summed E-state index contributed by atoms with van der Waals surface area (Å²) in [6.07, 6.45) is 4.31. The van der Waals surface area contributed by atoms with Gasteiger partial charge in [-0.05, 0) is 12.5 Å². The molecule has 1 amide bonds. The highest BCUT2D eigenvalue weighted by atomic mass is 16.2. The maximum Gasteiger partial charge on any atom is 0.244 e. The molecule has 1 atom stereocenters. The number of rotatable bonds is 3. The van der Waals surface area contributed by atoms with E-state index in [0.717, 1.165) is 29.6 Å². The minimum Gasteiger partial charge on any atom is -0.396 e. The Kier molecular flexibility index (Phi) is 3.25. The van der Waals surface area contributed by atoms with Gasteiger partial charge in [-0.1, -0.05) is 18.2 Å². The van der Waals surface area contributed by atoms with Crippen LogP contribution in [0.25, 0.3) is 10.9 Å². The number of amides is 1. The molecule has 4 rings (SSSR count). The molecule has 7 nitrogen and oxygen atoms in total. The van der Waals surface area contributed by atoms with Gasteiger partial charge in [-0.25, -0.2) is 0 Å². The van der Waals surface area contributed by atoms with Crippen molar-refractivity contribution in [3.8, 4) is 0 Å². The summed E-state index contributed by atoms with van der Waals surface area (Å²) in [5.41, 5.74) is 8.49. The van der Waals surface area contributed by atoms with Crippen molar-refractivity contribution in [3.63, 3.8) is 0 Å². The van der Waals surface area contributed by atoms with Gasteiger partial charge in [0.2, 0.25) is 5.91 Å². The Morgan fingerprint density at radius 2 is 2.22 bits per heavy atom. The van der Waals surface area contributed by atoms with Gasteiger partial charge >= 0.3 is 0 Å². The molecule has 0 radical (unpaired) electrons. The van der Waals surface area contributed by atoms with E-state index in [-0.39, 0.29) is 18.4 Å². The number of carbonyl (C=O) groups is 1. The average Bonchev–Trinajstić information content (AvgIpc) is 3.27. The molecule has 3 heterocycles. The van der Waals surface area contributed by atoms with Gasteiger partial charge in [-0.2, -0.15) is 10.2 Å². The van der Waals surface area contributed by atoms with Crippen LogP contribution in [-0.2, 0) is 11.3 Å². The number of para-hydroxylation sites is 1. The molecule has 0 saturated carbocycles. The highest BCUT2D eigenvalue weighted by molar-refractivity contribution is 5.82. The first kappa shape index (κ1) is 13.8. The van der Waals surface area contributed by atoms with E-state index in [9.17, 15) is 4.79 Å². The summed E-state index contributed by atoms with van der Waals surface area (Å²) >= 11 is 0. The molecule has 1 saturated heterocycles. The number of aromatic amines is 1. The predicted octanol–water partition coefficient (Wildman–Crippen LogP) is 1.36. The van der Waals surface area contributed by atoms with Gasteiger partial charge in [-0.3, -0.25) is 14.6 Å². The van der Waals surface area contributed by atoms with E-state index >= 15 is 0 Å². The number of carbonyl (C=O) groups excluding carboxylic acids is 1. The smallest absolute Gasteiger partial charge is 0.244 e. The number of nitrogens with one attached hydrogen (secondary N) is 1. The Balaban J connectivity index is 1.47. The van der Waals surface area contributed by atoms with E-state index in [1.807, 2.05) is 29.2 Å². The maximum absolute atomic E-state index is 12.6. The molecule has 118 valence electrons. The number of fused-ring (bicyclic) bond motifs is 1. The monoisotopic (exact) mass is 310 g/mol. The number of anilines is 1. The van der Waals surface area contributed by atoms with Crippen LogP contribution < -0.4 is 5.73 Å². The number of benzene rings is 1. The Hall–Kier alpha value is -2.83. The summed E-state index contributed by atoms with van der Waals surface area (Å²) in [7, 11) is 0. The van der Waals surface area contributed by atoms with Crippen LogP contribution in [0.3, 0.4) is 0 Å². The normalized spacial score (nSPS) is 17.9. The fraction of sp³-hybridized carbons (Fsp3) is 0.312. The van der Waals surface area contributed by atoms with Crippen molar-refractivity contribution in [1.29, 1.82) is 0 Å². The Bertz CT molecular complexity index is 851. The third kappa shape index (κ3) is 2.44. The summed E-state index contributed by atoms with van der Waals surface area (Å²) in [6, 6.07) is 7.90. The number of aromatic nitrogens is 4. The van der Waals surface area contributed by atoms with E-state index in [1.165, 1.54) is 0 Å². The number of nitrogens with zero attached hydrogens (tertiary/aromatic N) is 4. The standard InChI is InChI=1S/C16H18N6O/c17-13-8-18-20-16(13)12-5-6-21(9-12)15(23)10-22-14-4-2-1-3-11(14)7-19-22/h1-4,7-8,12H,5-6,9-10,17H2,(H,18,20). The molecule has 3 N–H and O–H groups in total. The summed E-state index contributed by atoms with van der Waals surface area (Å²) in [5, 5.41) is 12.3. The molecule has 0 bridgehead atoms. The lowest BCUT2D eigenvalue weighted by molar-refractivity contribution is -0.130. The van der Waals surface area contributed by atoms with E-state index in [1.54, 1.807) is 17.1 Å². The van der Waals surface area contributed by atoms with Crippen LogP contribution in [0.5, 0.6) is 0 Å². The fourth-order valence-electron chi connectivity index (χ4n) is 3.23. The van der Waals surface area contributed by atoms with Crippen LogP contribution in [0, 0.1) is 0 Å². The number of hydrogen-bond acceptors (Lipinski definition) is 4. The highest BCUT2D eigenvalue weighted by Crippen LogP contribution is 2.29. The van der Waals surface area contributed by atoms with Gasteiger partial charge in [0.1, 0.15) is 6.54 Å². The van der Waals surface area contributed by atoms with Crippen LogP contribution in [0.1, 0.15) is 18.0 Å². The first-order valence-corrected chi connectivity index (χ1v) is 7.69. The molecule has 1 unspecified atom stereocenters. The van der Waals surface area contributed by atoms with Crippen LogP contribution in [0.15, 0.2) is 36.7 Å². The van der Waals surface area contributed by atoms with E-state index < -0.39 is 0 Å². The van der Waals surface area contributed by atoms with E-state index in [4.69, 9.17) is 5.73 Å². The summed E-state index contributed by atoms with van der Waals surface area (Å²) in [6.45, 7) is 1.67. The molecule has 3 aromatic rings. The lowest BCUT2D eigenvalue weighted by Crippen LogP contribution is -2.32. The fourth-order valence-corrected chi connectivity index (χ4v) is 3.23. The molecule has 1 aliphatic heterocycles. The molecule has 0 aliphatic carbocycles. The maximum atomic E-state index is 12.6. The van der Waals surface area contributed by atoms with Crippen LogP contribution in [-0.4, -0.2) is 43.9 Å². The highest BCUT2D eigenvalue weighted by Gasteiger charge is 2.29. The van der Waals surface area contributed by atoms with Gasteiger partial charge in [0.25, 0.3) is 0 Å². The largest absolute Gasteiger partial charge is 0.396 e. The molecule has 1 aromatic carbocycles. The lowest BCUT2D eigenvalue weighted by atomic mass is 10.0. The average molecular weight is 310 g/mol. The number of H-pyrrole nitrogens is 1. The number of nitrogen functional groups attached to an aromatic ring is 1. The molecule has 23 heavy (non-hydrogen) atoms. The second-order valence-electron chi connectivity index (χ2n) is 5.93. The van der Waals surface area contributed by atoms with Gasteiger partial charge in [0.05, 0.1) is 29.3 Å². The molecular formula is C16H18N6O. The number of nitrogens with two attached hydrogens (primary N) is 1. The molecule has 1 aliphatic rings. The van der Waals surface area contributed by atoms with Gasteiger partial charge in [0, 0.05) is 24.4 Å². The van der Waals surface area contributed by atoms with Crippen molar-refractivity contribution in [3.05, 3.63) is 42.4 Å². The van der Waals surface area contributed by atoms with Crippen molar-refractivity contribution in [1.82, 2.24) is 24.9 Å². The zero-order chi connectivity index (χ0) is 15.8. The van der Waals surface area contributed by atoms with E-state index in [2.05, 4.69) is 15.3 Å². The van der Waals surface area contributed by atoms with Gasteiger partial charge < -0.3 is 10.6 Å². The van der Waals surface area contributed by atoms with Gasteiger partial charge in [0.15, 0.2) is 0 Å². The minimum atomic E-state index is 0.0828. The molecular weight excluding hydrogens is 292 g/mol.